The van der Waals surface area contributed by atoms with Gasteiger partial charge in [0.1, 0.15) is 0 Å². The lowest BCUT2D eigenvalue weighted by Gasteiger charge is -2.15. The van der Waals surface area contributed by atoms with Gasteiger partial charge >= 0.3 is 5.97 Å². The number of fused-ring (bicyclic) bond motifs is 1. The highest BCUT2D eigenvalue weighted by atomic mass is 16.5. The number of amides is 2. The number of hydrogen-bond acceptors (Lipinski definition) is 4. The first-order chi connectivity index (χ1) is 11.1. The number of aryl methyl sites for hydroxylation is 1. The second kappa shape index (κ2) is 6.04. The van der Waals surface area contributed by atoms with Gasteiger partial charge in [-0.3, -0.25) is 14.4 Å². The molecule has 0 saturated heterocycles. The summed E-state index contributed by atoms with van der Waals surface area (Å²) in [6.45, 7) is 0. The monoisotopic (exact) mass is 309 g/mol. The molecule has 0 saturated carbocycles. The minimum Gasteiger partial charge on any atom is -0.469 e. The van der Waals surface area contributed by atoms with Gasteiger partial charge in [-0.15, -0.1) is 0 Å². The van der Waals surface area contributed by atoms with Crippen molar-refractivity contribution in [3.63, 3.8) is 0 Å². The number of benzene rings is 2. The van der Waals surface area contributed by atoms with Crippen LogP contribution in [0.1, 0.15) is 32.7 Å². The molecule has 0 aromatic heterocycles. The predicted octanol–water partition coefficient (Wildman–Crippen LogP) is 2.59. The summed E-state index contributed by atoms with van der Waals surface area (Å²) in [6.07, 6.45) is 0.742. The zero-order chi connectivity index (χ0) is 16.4. The minimum atomic E-state index is -0.323. The molecule has 5 heteroatoms. The number of nitrogens with zero attached hydrogens (tertiary/aromatic N) is 1. The van der Waals surface area contributed by atoms with Crippen LogP contribution in [0.4, 0.5) is 5.69 Å². The summed E-state index contributed by atoms with van der Waals surface area (Å²) in [7, 11) is 1.34. The number of anilines is 1. The Morgan fingerprint density at radius 3 is 2.26 bits per heavy atom. The molecule has 2 aromatic carbocycles. The molecule has 116 valence electrons. The van der Waals surface area contributed by atoms with Gasteiger partial charge in [0, 0.05) is 6.42 Å². The molecule has 23 heavy (non-hydrogen) atoms. The third-order valence-electron chi connectivity index (χ3n) is 3.81. The fourth-order valence-corrected chi connectivity index (χ4v) is 2.62. The summed E-state index contributed by atoms with van der Waals surface area (Å²) in [5, 5.41) is 0. The van der Waals surface area contributed by atoms with Crippen LogP contribution < -0.4 is 4.90 Å². The number of esters is 1. The standard InChI is InChI=1S/C18H15NO4/c1-23-16(20)10-9-12-5-4-6-13(11-12)19-17(21)14-7-2-3-8-15(14)18(19)22/h2-8,11H,9-10H2,1H3. The maximum atomic E-state index is 12.5. The van der Waals surface area contributed by atoms with E-state index in [1.54, 1.807) is 42.5 Å². The first kappa shape index (κ1) is 15.0. The van der Waals surface area contributed by atoms with Crippen molar-refractivity contribution in [3.8, 4) is 0 Å². The molecule has 0 atom stereocenters. The second-order valence-corrected chi connectivity index (χ2v) is 5.24. The topological polar surface area (TPSA) is 63.7 Å². The molecular formula is C18H15NO4. The van der Waals surface area contributed by atoms with E-state index in [4.69, 9.17) is 0 Å². The number of ether oxygens (including phenoxy) is 1. The molecule has 0 radical (unpaired) electrons. The van der Waals surface area contributed by atoms with Gasteiger partial charge in [-0.25, -0.2) is 4.90 Å². The molecule has 1 aliphatic rings. The highest BCUT2D eigenvalue weighted by Crippen LogP contribution is 2.28. The fourth-order valence-electron chi connectivity index (χ4n) is 2.62. The van der Waals surface area contributed by atoms with Gasteiger partial charge in [-0.05, 0) is 36.2 Å². The Bertz CT molecular complexity index is 762. The first-order valence-corrected chi connectivity index (χ1v) is 7.25. The van der Waals surface area contributed by atoms with Crippen LogP contribution in [0.25, 0.3) is 0 Å². The Labute approximate surface area is 133 Å². The average Bonchev–Trinajstić information content (AvgIpc) is 2.84. The predicted molar refractivity (Wildman–Crippen MR) is 84.4 cm³/mol. The number of carbonyl (C=O) groups excluding carboxylic acids is 3. The van der Waals surface area contributed by atoms with E-state index in [-0.39, 0.29) is 24.2 Å². The van der Waals surface area contributed by atoms with E-state index in [0.717, 1.165) is 5.56 Å². The van der Waals surface area contributed by atoms with Crippen LogP contribution in [-0.2, 0) is 16.0 Å². The quantitative estimate of drug-likeness (QED) is 0.643. The van der Waals surface area contributed by atoms with Gasteiger partial charge in [0.15, 0.2) is 0 Å². The Kier molecular flexibility index (Phi) is 3.93. The van der Waals surface area contributed by atoms with Crippen molar-refractivity contribution in [1.29, 1.82) is 0 Å². The minimum absolute atomic E-state index is 0.252. The lowest BCUT2D eigenvalue weighted by Crippen LogP contribution is -2.29. The summed E-state index contributed by atoms with van der Waals surface area (Å²) < 4.78 is 4.62. The molecule has 1 aliphatic heterocycles. The van der Waals surface area contributed by atoms with Gasteiger partial charge in [-0.2, -0.15) is 0 Å². The number of carbonyl (C=O) groups is 3. The smallest absolute Gasteiger partial charge is 0.305 e. The molecule has 3 rings (SSSR count). The van der Waals surface area contributed by atoms with Crippen LogP contribution in [0, 0.1) is 0 Å². The van der Waals surface area contributed by atoms with Gasteiger partial charge < -0.3 is 4.74 Å². The Morgan fingerprint density at radius 2 is 1.65 bits per heavy atom. The largest absolute Gasteiger partial charge is 0.469 e. The molecule has 0 fully saturated rings. The van der Waals surface area contributed by atoms with E-state index < -0.39 is 0 Å². The molecule has 0 aliphatic carbocycles. The van der Waals surface area contributed by atoms with Crippen LogP contribution in [-0.4, -0.2) is 24.9 Å². The molecule has 0 bridgehead atoms. The van der Waals surface area contributed by atoms with Crippen LogP contribution in [0.15, 0.2) is 48.5 Å². The van der Waals surface area contributed by atoms with Gasteiger partial charge in [0.25, 0.3) is 11.8 Å². The summed E-state index contributed by atoms with van der Waals surface area (Å²) in [5.74, 6) is -0.942. The van der Waals surface area contributed by atoms with E-state index in [0.29, 0.717) is 23.2 Å². The van der Waals surface area contributed by atoms with Crippen molar-refractivity contribution >= 4 is 23.5 Å². The number of methoxy groups -OCH3 is 1. The Morgan fingerprint density at radius 1 is 1.00 bits per heavy atom. The van der Waals surface area contributed by atoms with Crippen LogP contribution >= 0.6 is 0 Å². The Hall–Kier alpha value is -2.95. The van der Waals surface area contributed by atoms with E-state index in [9.17, 15) is 14.4 Å². The number of rotatable bonds is 4. The number of imide groups is 1. The molecule has 2 aromatic rings. The van der Waals surface area contributed by atoms with Crippen LogP contribution in [0.3, 0.4) is 0 Å². The molecule has 1 heterocycles. The van der Waals surface area contributed by atoms with Gasteiger partial charge in [-0.1, -0.05) is 24.3 Å². The lowest BCUT2D eigenvalue weighted by molar-refractivity contribution is -0.140. The van der Waals surface area contributed by atoms with Crippen molar-refractivity contribution in [2.45, 2.75) is 12.8 Å². The van der Waals surface area contributed by atoms with Crippen LogP contribution in [0.2, 0.25) is 0 Å². The summed E-state index contributed by atoms with van der Waals surface area (Å²) in [5.41, 5.74) is 2.21. The second-order valence-electron chi connectivity index (χ2n) is 5.24. The average molecular weight is 309 g/mol. The van der Waals surface area contributed by atoms with Gasteiger partial charge in [0.05, 0.1) is 23.9 Å². The van der Waals surface area contributed by atoms with E-state index in [1.807, 2.05) is 6.07 Å². The van der Waals surface area contributed by atoms with Crippen LogP contribution in [0.5, 0.6) is 0 Å². The summed E-state index contributed by atoms with van der Waals surface area (Å²) >= 11 is 0. The van der Waals surface area contributed by atoms with E-state index >= 15 is 0 Å². The molecular weight excluding hydrogens is 294 g/mol. The normalized spacial score (nSPS) is 13.2. The zero-order valence-corrected chi connectivity index (χ0v) is 12.6. The SMILES string of the molecule is COC(=O)CCc1cccc(N2C(=O)c3ccccc3C2=O)c1. The molecule has 0 N–H and O–H groups in total. The van der Waals surface area contributed by atoms with Crippen molar-refractivity contribution in [2.24, 2.45) is 0 Å². The molecule has 0 spiro atoms. The third-order valence-corrected chi connectivity index (χ3v) is 3.81. The zero-order valence-electron chi connectivity index (χ0n) is 12.6. The number of hydrogen-bond donors (Lipinski definition) is 0. The Balaban J connectivity index is 1.87. The fraction of sp³-hybridized carbons (Fsp3) is 0.167. The maximum Gasteiger partial charge on any atom is 0.305 e. The molecule has 0 unspecified atom stereocenters. The third kappa shape index (κ3) is 2.73. The van der Waals surface area contributed by atoms with Crippen molar-refractivity contribution in [1.82, 2.24) is 0 Å². The molecule has 5 nitrogen and oxygen atoms in total. The highest BCUT2D eigenvalue weighted by Gasteiger charge is 2.36. The first-order valence-electron chi connectivity index (χ1n) is 7.25. The molecule has 2 amide bonds. The summed E-state index contributed by atoms with van der Waals surface area (Å²) in [6, 6.07) is 13.9. The maximum absolute atomic E-state index is 12.5. The van der Waals surface area contributed by atoms with Gasteiger partial charge in [0.2, 0.25) is 0 Å². The van der Waals surface area contributed by atoms with E-state index in [1.165, 1.54) is 12.0 Å². The summed E-state index contributed by atoms with van der Waals surface area (Å²) in [4.78, 5) is 37.3. The highest BCUT2D eigenvalue weighted by molar-refractivity contribution is 6.34. The van der Waals surface area contributed by atoms with Crippen molar-refractivity contribution < 1.29 is 19.1 Å². The lowest BCUT2D eigenvalue weighted by atomic mass is 10.1. The van der Waals surface area contributed by atoms with E-state index in [2.05, 4.69) is 4.74 Å². The van der Waals surface area contributed by atoms with Crippen molar-refractivity contribution in [3.05, 3.63) is 65.2 Å². The van der Waals surface area contributed by atoms with Crippen molar-refractivity contribution in [2.75, 3.05) is 12.0 Å².